The van der Waals surface area contributed by atoms with E-state index in [4.69, 9.17) is 6.63 Å². The maximum absolute atomic E-state index is 8.44. The van der Waals surface area contributed by atoms with E-state index < -0.39 is 6.40 Å². The Labute approximate surface area is 55.9 Å². The monoisotopic (exact) mass is 121 g/mol. The van der Waals surface area contributed by atoms with Crippen LogP contribution in [0.15, 0.2) is 23.5 Å². The van der Waals surface area contributed by atoms with Crippen LogP contribution in [0.25, 0.3) is 0 Å². The molecule has 1 N–H and O–H groups in total. The van der Waals surface area contributed by atoms with E-state index in [-0.39, 0.29) is 0 Å². The van der Waals surface area contributed by atoms with Gasteiger partial charge in [-0.15, -0.1) is 0 Å². The van der Waals surface area contributed by atoms with Crippen LogP contribution in [-0.4, -0.2) is 0 Å². The maximum atomic E-state index is 8.44. The van der Waals surface area contributed by atoms with E-state index in [9.17, 15) is 0 Å². The Morgan fingerprint density at radius 1 is 2.00 bits per heavy atom. The lowest BCUT2D eigenvalue weighted by atomic mass is 10.1. The molecule has 1 heterocycles. The zero-order chi connectivity index (χ0) is 7.56. The SMILES string of the molecule is [2H]C1C=C(C)NC=C1C#N. The number of rotatable bonds is 0. The first-order chi connectivity index (χ1) is 4.74. The Morgan fingerprint density at radius 2 is 2.78 bits per heavy atom. The predicted octanol–water partition coefficient (Wildman–Crippen LogP) is 1.29. The Hall–Kier alpha value is -1.23. The Kier molecular flexibility index (Phi) is 1.21. The number of hydrogen-bond donors (Lipinski definition) is 1. The molecule has 0 radical (unpaired) electrons. The van der Waals surface area contributed by atoms with Gasteiger partial charge in [0, 0.05) is 25.2 Å². The van der Waals surface area contributed by atoms with E-state index in [1.165, 1.54) is 0 Å². The van der Waals surface area contributed by atoms with Gasteiger partial charge in [-0.3, -0.25) is 0 Å². The summed E-state index contributed by atoms with van der Waals surface area (Å²) in [5.41, 5.74) is 1.39. The fourth-order valence-electron chi connectivity index (χ4n) is 0.572. The number of hydrogen-bond acceptors (Lipinski definition) is 2. The van der Waals surface area contributed by atoms with Crippen molar-refractivity contribution in [3.8, 4) is 6.07 Å². The maximum Gasteiger partial charge on any atom is 0.0965 e. The van der Waals surface area contributed by atoms with Crippen LogP contribution in [-0.2, 0) is 0 Å². The highest BCUT2D eigenvalue weighted by molar-refractivity contribution is 5.28. The van der Waals surface area contributed by atoms with Crippen molar-refractivity contribution in [1.29, 1.82) is 5.26 Å². The average molecular weight is 121 g/mol. The largest absolute Gasteiger partial charge is 0.365 e. The van der Waals surface area contributed by atoms with Gasteiger partial charge in [0.05, 0.1) is 6.07 Å². The van der Waals surface area contributed by atoms with E-state index in [1.807, 2.05) is 13.0 Å². The smallest absolute Gasteiger partial charge is 0.0965 e. The molecule has 1 unspecified atom stereocenters. The second-order valence-corrected chi connectivity index (χ2v) is 1.87. The number of nitrogens with zero attached hydrogens (tertiary/aromatic N) is 1. The minimum absolute atomic E-state index is 0.464. The van der Waals surface area contributed by atoms with Gasteiger partial charge in [0.25, 0.3) is 0 Å². The van der Waals surface area contributed by atoms with Gasteiger partial charge in [0.1, 0.15) is 0 Å². The molecule has 0 aromatic rings. The Bertz CT molecular complexity index is 234. The molecule has 1 rings (SSSR count). The van der Waals surface area contributed by atoms with Crippen LogP contribution in [0.4, 0.5) is 0 Å². The lowest BCUT2D eigenvalue weighted by molar-refractivity contribution is 0.977. The van der Waals surface area contributed by atoms with Gasteiger partial charge >= 0.3 is 0 Å². The number of allylic oxidation sites excluding steroid dienone is 3. The number of dihydropyridines is 1. The summed E-state index contributed by atoms with van der Waals surface area (Å²) >= 11 is 0. The fraction of sp³-hybridized carbons (Fsp3) is 0.286. The Balaban J connectivity index is 2.78. The first kappa shape index (κ1) is 4.63. The van der Waals surface area contributed by atoms with Gasteiger partial charge < -0.3 is 5.32 Å². The Morgan fingerprint density at radius 3 is 3.33 bits per heavy atom. The molecule has 9 heavy (non-hydrogen) atoms. The second kappa shape index (κ2) is 2.36. The highest BCUT2D eigenvalue weighted by Gasteiger charge is 1.97. The molecule has 2 nitrogen and oxygen atoms in total. The normalized spacial score (nSPS) is 26.7. The molecular weight excluding hydrogens is 112 g/mol. The van der Waals surface area contributed by atoms with Crippen molar-refractivity contribution in [2.45, 2.75) is 13.3 Å². The summed E-state index contributed by atoms with van der Waals surface area (Å²) in [6.45, 7) is 1.87. The first-order valence-electron chi connectivity index (χ1n) is 3.29. The zero-order valence-electron chi connectivity index (χ0n) is 6.18. The fourth-order valence-corrected chi connectivity index (χ4v) is 0.572. The molecule has 0 aliphatic carbocycles. The summed E-state index contributed by atoms with van der Waals surface area (Å²) in [7, 11) is 0. The van der Waals surface area contributed by atoms with Crippen LogP contribution in [0.3, 0.4) is 0 Å². The molecule has 0 bridgehead atoms. The molecule has 0 fully saturated rings. The van der Waals surface area contributed by atoms with E-state index in [0.29, 0.717) is 5.57 Å². The summed E-state index contributed by atoms with van der Waals surface area (Å²) in [6, 6.07) is 1.94. The van der Waals surface area contributed by atoms with Crippen molar-refractivity contribution in [3.05, 3.63) is 23.5 Å². The molecule has 46 valence electrons. The minimum atomic E-state index is -0.480. The summed E-state index contributed by atoms with van der Waals surface area (Å²) in [6.07, 6.45) is 2.80. The van der Waals surface area contributed by atoms with E-state index in [0.717, 1.165) is 5.70 Å². The summed E-state index contributed by atoms with van der Waals surface area (Å²) in [4.78, 5) is 0. The van der Waals surface area contributed by atoms with Crippen LogP contribution in [0.5, 0.6) is 0 Å². The predicted molar refractivity (Wildman–Crippen MR) is 35.2 cm³/mol. The van der Waals surface area contributed by atoms with Crippen LogP contribution in [0.2, 0.25) is 0 Å². The van der Waals surface area contributed by atoms with Crippen molar-refractivity contribution in [1.82, 2.24) is 5.32 Å². The third-order valence-electron chi connectivity index (χ3n) is 1.10. The molecule has 1 aliphatic heterocycles. The molecule has 0 amide bonds. The lowest BCUT2D eigenvalue weighted by Crippen LogP contribution is -2.06. The van der Waals surface area contributed by atoms with Crippen molar-refractivity contribution < 1.29 is 1.37 Å². The van der Waals surface area contributed by atoms with Crippen molar-refractivity contribution in [3.63, 3.8) is 0 Å². The van der Waals surface area contributed by atoms with Gasteiger partial charge in [0.15, 0.2) is 0 Å². The highest BCUT2D eigenvalue weighted by Crippen LogP contribution is 2.06. The van der Waals surface area contributed by atoms with E-state index in [2.05, 4.69) is 5.32 Å². The lowest BCUT2D eigenvalue weighted by Gasteiger charge is -2.06. The van der Waals surface area contributed by atoms with Gasteiger partial charge in [0.2, 0.25) is 0 Å². The van der Waals surface area contributed by atoms with Crippen molar-refractivity contribution in [2.24, 2.45) is 0 Å². The summed E-state index contributed by atoms with van der Waals surface area (Å²) in [5.74, 6) is 0. The molecular formula is C7H8N2. The topological polar surface area (TPSA) is 35.8 Å². The summed E-state index contributed by atoms with van der Waals surface area (Å²) in [5, 5.41) is 11.3. The average Bonchev–Trinajstić information content (AvgIpc) is 1.88. The van der Waals surface area contributed by atoms with Crippen LogP contribution < -0.4 is 5.32 Å². The van der Waals surface area contributed by atoms with Crippen LogP contribution >= 0.6 is 0 Å². The second-order valence-electron chi connectivity index (χ2n) is 1.87. The molecule has 0 saturated heterocycles. The number of nitriles is 1. The van der Waals surface area contributed by atoms with Crippen molar-refractivity contribution in [2.75, 3.05) is 0 Å². The highest BCUT2D eigenvalue weighted by atomic mass is 14.8. The molecule has 0 spiro atoms. The van der Waals surface area contributed by atoms with Crippen LogP contribution in [0, 0.1) is 11.3 Å². The molecule has 1 aliphatic rings. The quantitative estimate of drug-likeness (QED) is 0.524. The number of nitrogens with one attached hydrogen (secondary N) is 1. The summed E-state index contributed by atoms with van der Waals surface area (Å²) < 4.78 is 7.35. The third kappa shape index (κ3) is 1.33. The van der Waals surface area contributed by atoms with E-state index in [1.54, 1.807) is 12.3 Å². The standard InChI is InChI=1S/C7H8N2/c1-6-2-3-7(4-8)5-9-6/h2,5,9H,3H2,1H3/i3D. The molecule has 2 heteroatoms. The van der Waals surface area contributed by atoms with Gasteiger partial charge in [-0.05, 0) is 6.92 Å². The molecule has 0 saturated carbocycles. The van der Waals surface area contributed by atoms with Gasteiger partial charge in [-0.25, -0.2) is 0 Å². The molecule has 0 aromatic carbocycles. The van der Waals surface area contributed by atoms with Crippen molar-refractivity contribution >= 4 is 0 Å². The van der Waals surface area contributed by atoms with Gasteiger partial charge in [-0.2, -0.15) is 5.26 Å². The molecule has 1 atom stereocenters. The zero-order valence-corrected chi connectivity index (χ0v) is 5.18. The van der Waals surface area contributed by atoms with E-state index >= 15 is 0 Å². The van der Waals surface area contributed by atoms with Gasteiger partial charge in [-0.1, -0.05) is 6.08 Å². The minimum Gasteiger partial charge on any atom is -0.365 e. The third-order valence-corrected chi connectivity index (χ3v) is 1.10. The van der Waals surface area contributed by atoms with Crippen LogP contribution in [0.1, 0.15) is 14.7 Å². The molecule has 0 aromatic heterocycles. The first-order valence-corrected chi connectivity index (χ1v) is 2.71.